The summed E-state index contributed by atoms with van der Waals surface area (Å²) in [6.07, 6.45) is 0. The maximum absolute atomic E-state index is 13.0. The Labute approximate surface area is 159 Å². The van der Waals surface area contributed by atoms with Crippen molar-refractivity contribution < 1.29 is 8.42 Å². The molecular weight excluding hydrogens is 366 g/mol. The molecule has 2 aliphatic heterocycles. The van der Waals surface area contributed by atoms with Gasteiger partial charge in [-0.05, 0) is 26.3 Å². The third-order valence-corrected chi connectivity index (χ3v) is 8.45. The van der Waals surface area contributed by atoms with Crippen LogP contribution in [0.25, 0.3) is 0 Å². The van der Waals surface area contributed by atoms with Gasteiger partial charge in [0.25, 0.3) is 0 Å². The largest absolute Gasteiger partial charge is 0.297 e. The lowest BCUT2D eigenvalue weighted by atomic mass is 10.1. The molecule has 2 unspecified atom stereocenters. The fraction of sp³-hybridized carbons (Fsp3) is 0.526. The van der Waals surface area contributed by atoms with Crippen molar-refractivity contribution in [3.63, 3.8) is 0 Å². The van der Waals surface area contributed by atoms with Crippen molar-refractivity contribution in [2.75, 3.05) is 19.6 Å². The number of thiazole rings is 1. The van der Waals surface area contributed by atoms with E-state index in [2.05, 4.69) is 41.9 Å². The third kappa shape index (κ3) is 3.45. The minimum atomic E-state index is -3.24. The predicted octanol–water partition coefficient (Wildman–Crippen LogP) is 2.71. The Hall–Kier alpha value is -1.28. The van der Waals surface area contributed by atoms with Gasteiger partial charge in [-0.1, -0.05) is 29.3 Å². The Morgan fingerprint density at radius 3 is 2.42 bits per heavy atom. The minimum absolute atomic E-state index is 0.200. The van der Waals surface area contributed by atoms with Crippen LogP contribution in [0.3, 0.4) is 0 Å². The van der Waals surface area contributed by atoms with E-state index in [0.717, 1.165) is 23.8 Å². The van der Waals surface area contributed by atoms with Crippen LogP contribution >= 0.6 is 11.3 Å². The summed E-state index contributed by atoms with van der Waals surface area (Å²) in [5.74, 6) is 0.200. The van der Waals surface area contributed by atoms with E-state index in [1.807, 2.05) is 12.3 Å². The van der Waals surface area contributed by atoms with Gasteiger partial charge >= 0.3 is 0 Å². The second kappa shape index (κ2) is 6.71. The summed E-state index contributed by atoms with van der Waals surface area (Å²) < 4.78 is 27.6. The molecule has 3 heterocycles. The molecule has 0 amide bonds. The lowest BCUT2D eigenvalue weighted by molar-refractivity contribution is 0.294. The fourth-order valence-electron chi connectivity index (χ4n) is 4.36. The molecule has 7 heteroatoms. The first-order chi connectivity index (χ1) is 12.3. The first-order valence-electron chi connectivity index (χ1n) is 9.01. The number of hydrogen-bond donors (Lipinski definition) is 0. The lowest BCUT2D eigenvalue weighted by Gasteiger charge is -2.21. The van der Waals surface area contributed by atoms with E-state index in [-0.39, 0.29) is 11.2 Å². The molecule has 2 atom stereocenters. The minimum Gasteiger partial charge on any atom is -0.297 e. The Kier molecular flexibility index (Phi) is 4.67. The van der Waals surface area contributed by atoms with Gasteiger partial charge in [-0.15, -0.1) is 11.3 Å². The molecule has 1 aromatic heterocycles. The summed E-state index contributed by atoms with van der Waals surface area (Å²) in [5.41, 5.74) is 4.66. The normalized spacial score (nSPS) is 25.7. The zero-order chi connectivity index (χ0) is 18.5. The van der Waals surface area contributed by atoms with Crippen LogP contribution in [0.5, 0.6) is 0 Å². The standard InChI is InChI=1S/C19H25N3O2S2/c1-13-4-14(2)6-16(5-13)7-21-8-17-9-22(26(23,24)19(17)11-21)10-18-12-25-15(3)20-18/h4-6,12,17,19H,7-11H2,1-3H3. The molecule has 2 fully saturated rings. The maximum Gasteiger partial charge on any atom is 0.218 e. The topological polar surface area (TPSA) is 53.5 Å². The molecule has 2 aromatic rings. The van der Waals surface area contributed by atoms with Crippen molar-refractivity contribution in [1.82, 2.24) is 14.2 Å². The quantitative estimate of drug-likeness (QED) is 0.804. The van der Waals surface area contributed by atoms with E-state index in [1.54, 1.807) is 15.6 Å². The van der Waals surface area contributed by atoms with Crippen LogP contribution < -0.4 is 0 Å². The van der Waals surface area contributed by atoms with Gasteiger partial charge in [0, 0.05) is 37.5 Å². The molecule has 2 aliphatic rings. The summed E-state index contributed by atoms with van der Waals surface area (Å²) in [4.78, 5) is 6.72. The Morgan fingerprint density at radius 2 is 1.81 bits per heavy atom. The van der Waals surface area contributed by atoms with Crippen molar-refractivity contribution in [2.24, 2.45) is 5.92 Å². The number of likely N-dealkylation sites (tertiary alicyclic amines) is 1. The van der Waals surface area contributed by atoms with E-state index in [0.29, 0.717) is 19.6 Å². The van der Waals surface area contributed by atoms with Gasteiger partial charge in [-0.3, -0.25) is 4.90 Å². The Balaban J connectivity index is 1.44. The number of aryl methyl sites for hydroxylation is 3. The maximum atomic E-state index is 13.0. The van der Waals surface area contributed by atoms with E-state index in [1.165, 1.54) is 16.7 Å². The van der Waals surface area contributed by atoms with Crippen molar-refractivity contribution in [2.45, 2.75) is 39.1 Å². The SMILES string of the molecule is Cc1cc(C)cc(CN2CC3CN(Cc4csc(C)n4)S(=O)(=O)C3C2)c1. The van der Waals surface area contributed by atoms with E-state index >= 15 is 0 Å². The summed E-state index contributed by atoms with van der Waals surface area (Å²) in [7, 11) is -3.24. The van der Waals surface area contributed by atoms with Crippen LogP contribution in [-0.2, 0) is 23.1 Å². The number of fused-ring (bicyclic) bond motifs is 1. The van der Waals surface area contributed by atoms with Crippen molar-refractivity contribution in [1.29, 1.82) is 0 Å². The van der Waals surface area contributed by atoms with E-state index in [9.17, 15) is 8.42 Å². The predicted molar refractivity (Wildman–Crippen MR) is 105 cm³/mol. The van der Waals surface area contributed by atoms with E-state index in [4.69, 9.17) is 0 Å². The van der Waals surface area contributed by atoms with Crippen molar-refractivity contribution >= 4 is 21.4 Å². The Morgan fingerprint density at radius 1 is 1.08 bits per heavy atom. The number of aromatic nitrogens is 1. The highest BCUT2D eigenvalue weighted by atomic mass is 32.2. The molecule has 0 spiro atoms. The molecule has 26 heavy (non-hydrogen) atoms. The molecule has 0 bridgehead atoms. The number of sulfonamides is 1. The highest BCUT2D eigenvalue weighted by Crippen LogP contribution is 2.35. The molecule has 140 valence electrons. The third-order valence-electron chi connectivity index (χ3n) is 5.33. The van der Waals surface area contributed by atoms with E-state index < -0.39 is 10.0 Å². The fourth-order valence-corrected chi connectivity index (χ4v) is 7.12. The first-order valence-corrected chi connectivity index (χ1v) is 11.4. The zero-order valence-electron chi connectivity index (χ0n) is 15.5. The van der Waals surface area contributed by atoms with Crippen molar-refractivity contribution in [3.8, 4) is 0 Å². The smallest absolute Gasteiger partial charge is 0.218 e. The molecule has 5 nitrogen and oxygen atoms in total. The van der Waals surface area contributed by atoms with Crippen LogP contribution in [-0.4, -0.2) is 47.5 Å². The van der Waals surface area contributed by atoms with Gasteiger partial charge in [0.15, 0.2) is 0 Å². The van der Waals surface area contributed by atoms with Gasteiger partial charge in [0.1, 0.15) is 0 Å². The second-order valence-electron chi connectivity index (χ2n) is 7.68. The average Bonchev–Trinajstić information content (AvgIpc) is 3.17. The molecule has 4 rings (SSSR count). The number of benzene rings is 1. The first kappa shape index (κ1) is 18.1. The highest BCUT2D eigenvalue weighted by Gasteiger charge is 2.50. The molecular formula is C19H25N3O2S2. The van der Waals surface area contributed by atoms with Crippen LogP contribution in [0.4, 0.5) is 0 Å². The average molecular weight is 392 g/mol. The van der Waals surface area contributed by atoms with Crippen molar-refractivity contribution in [3.05, 3.63) is 51.0 Å². The van der Waals surface area contributed by atoms with Gasteiger partial charge in [-0.2, -0.15) is 4.31 Å². The molecule has 1 aromatic carbocycles. The van der Waals surface area contributed by atoms with Crippen LogP contribution in [0, 0.1) is 26.7 Å². The highest BCUT2D eigenvalue weighted by molar-refractivity contribution is 7.90. The number of nitrogens with zero attached hydrogens (tertiary/aromatic N) is 3. The lowest BCUT2D eigenvalue weighted by Crippen LogP contribution is -2.34. The molecule has 0 saturated carbocycles. The molecule has 0 N–H and O–H groups in total. The summed E-state index contributed by atoms with van der Waals surface area (Å²) in [6.45, 7) is 9.51. The van der Waals surface area contributed by atoms with Gasteiger partial charge in [0.2, 0.25) is 10.0 Å². The van der Waals surface area contributed by atoms with Crippen LogP contribution in [0.1, 0.15) is 27.4 Å². The Bertz CT molecular complexity index is 902. The second-order valence-corrected chi connectivity index (χ2v) is 10.9. The summed E-state index contributed by atoms with van der Waals surface area (Å²) >= 11 is 1.57. The van der Waals surface area contributed by atoms with Gasteiger partial charge in [-0.25, -0.2) is 13.4 Å². The van der Waals surface area contributed by atoms with Crippen LogP contribution in [0.15, 0.2) is 23.6 Å². The van der Waals surface area contributed by atoms with Crippen LogP contribution in [0.2, 0.25) is 0 Å². The molecule has 0 aliphatic carbocycles. The monoisotopic (exact) mass is 391 g/mol. The zero-order valence-corrected chi connectivity index (χ0v) is 17.1. The molecule has 0 radical (unpaired) electrons. The summed E-state index contributed by atoms with van der Waals surface area (Å²) in [5, 5.41) is 2.68. The summed E-state index contributed by atoms with van der Waals surface area (Å²) in [6, 6.07) is 6.57. The number of hydrogen-bond acceptors (Lipinski definition) is 5. The number of rotatable bonds is 4. The molecule has 2 saturated heterocycles. The van der Waals surface area contributed by atoms with Gasteiger partial charge < -0.3 is 0 Å². The van der Waals surface area contributed by atoms with Gasteiger partial charge in [0.05, 0.1) is 22.5 Å².